The molecule has 0 aromatic heterocycles. The Morgan fingerprint density at radius 3 is 2.75 bits per heavy atom. The summed E-state index contributed by atoms with van der Waals surface area (Å²) in [6.07, 6.45) is 0.451. The number of rotatable bonds is 2. The Bertz CT molecular complexity index is 466. The fraction of sp³-hybridized carbons (Fsp3) is 0.333. The van der Waals surface area contributed by atoms with Gasteiger partial charge >= 0.3 is 0 Å². The fourth-order valence-corrected chi connectivity index (χ4v) is 1.62. The lowest BCUT2D eigenvalue weighted by molar-refractivity contribution is -0.122. The van der Waals surface area contributed by atoms with Gasteiger partial charge in [-0.3, -0.25) is 9.79 Å². The minimum atomic E-state index is -0.706. The summed E-state index contributed by atoms with van der Waals surface area (Å²) in [5.41, 5.74) is 0.0969. The summed E-state index contributed by atoms with van der Waals surface area (Å²) < 4.78 is 12.9. The molecule has 0 bridgehead atoms. The number of hydrogen-bond donors (Lipinski definition) is 1. The molecule has 1 aromatic carbocycles. The first-order valence-corrected chi connectivity index (χ1v) is 5.12. The van der Waals surface area contributed by atoms with Gasteiger partial charge in [0.25, 0.3) is 5.91 Å². The highest BCUT2D eigenvalue weighted by molar-refractivity contribution is 6.08. The van der Waals surface area contributed by atoms with Crippen LogP contribution in [0.25, 0.3) is 0 Å². The molecule has 1 heterocycles. The van der Waals surface area contributed by atoms with E-state index in [-0.39, 0.29) is 11.7 Å². The molecule has 2 rings (SSSR count). The molecule has 0 aliphatic carbocycles. The topological polar surface area (TPSA) is 41.5 Å². The van der Waals surface area contributed by atoms with Crippen LogP contribution in [0.5, 0.6) is 0 Å². The van der Waals surface area contributed by atoms with Crippen molar-refractivity contribution in [1.82, 2.24) is 5.32 Å². The number of amides is 1. The highest BCUT2D eigenvalue weighted by Gasteiger charge is 2.33. The minimum absolute atomic E-state index is 0.112. The van der Waals surface area contributed by atoms with E-state index in [1.807, 2.05) is 6.07 Å². The fourth-order valence-electron chi connectivity index (χ4n) is 1.62. The van der Waals surface area contributed by atoms with Gasteiger partial charge < -0.3 is 5.32 Å². The lowest BCUT2D eigenvalue weighted by Crippen LogP contribution is -2.34. The van der Waals surface area contributed by atoms with E-state index in [1.54, 1.807) is 19.9 Å². The summed E-state index contributed by atoms with van der Waals surface area (Å²) in [6.45, 7) is 3.50. The number of halogens is 1. The van der Waals surface area contributed by atoms with E-state index in [0.717, 1.165) is 5.56 Å². The van der Waals surface area contributed by atoms with Gasteiger partial charge in [-0.1, -0.05) is 12.1 Å². The summed E-state index contributed by atoms with van der Waals surface area (Å²) in [5, 5.41) is 2.70. The van der Waals surface area contributed by atoms with Crippen LogP contribution in [0.2, 0.25) is 0 Å². The summed E-state index contributed by atoms with van der Waals surface area (Å²) >= 11 is 0. The van der Waals surface area contributed by atoms with E-state index in [9.17, 15) is 9.18 Å². The molecular weight excluding hydrogens is 207 g/mol. The predicted molar refractivity (Wildman–Crippen MR) is 59.8 cm³/mol. The van der Waals surface area contributed by atoms with Crippen molar-refractivity contribution in [2.45, 2.75) is 25.8 Å². The molecule has 0 unspecified atom stereocenters. The van der Waals surface area contributed by atoms with Crippen molar-refractivity contribution in [2.75, 3.05) is 0 Å². The number of carbonyl (C=O) groups is 1. The number of benzene rings is 1. The number of nitrogens with one attached hydrogen (secondary N) is 1. The molecule has 0 radical (unpaired) electrons. The van der Waals surface area contributed by atoms with Gasteiger partial charge in [0.1, 0.15) is 17.2 Å². The molecule has 1 aromatic rings. The van der Waals surface area contributed by atoms with Gasteiger partial charge in [-0.25, -0.2) is 4.39 Å². The van der Waals surface area contributed by atoms with E-state index in [0.29, 0.717) is 12.3 Å². The first kappa shape index (κ1) is 10.8. The molecule has 0 saturated carbocycles. The second-order valence-electron chi connectivity index (χ2n) is 4.38. The van der Waals surface area contributed by atoms with Gasteiger partial charge in [0, 0.05) is 6.42 Å². The molecule has 1 aliphatic heterocycles. The van der Waals surface area contributed by atoms with Crippen LogP contribution in [0.1, 0.15) is 19.4 Å². The Kier molecular flexibility index (Phi) is 2.50. The molecule has 0 spiro atoms. The third-order valence-corrected chi connectivity index (χ3v) is 2.49. The Hall–Kier alpha value is -1.71. The number of aliphatic imine (C=N–C) groups is 1. The summed E-state index contributed by atoms with van der Waals surface area (Å²) in [4.78, 5) is 15.7. The largest absolute Gasteiger partial charge is 0.312 e. The first-order chi connectivity index (χ1) is 7.47. The molecule has 1 N–H and O–H groups in total. The van der Waals surface area contributed by atoms with Gasteiger partial charge in [-0.15, -0.1) is 0 Å². The van der Waals surface area contributed by atoms with Crippen LogP contribution in [0.15, 0.2) is 29.3 Å². The molecule has 1 amide bonds. The standard InChI is InChI=1S/C12H13FN2O/c1-12(2)11(16)14-10(15-12)7-8-4-3-5-9(13)6-8/h3-6H,7H2,1-2H3,(H,14,15,16). The quantitative estimate of drug-likeness (QED) is 0.809. The zero-order valence-electron chi connectivity index (χ0n) is 9.25. The molecule has 16 heavy (non-hydrogen) atoms. The second kappa shape index (κ2) is 3.70. The van der Waals surface area contributed by atoms with Crippen molar-refractivity contribution in [2.24, 2.45) is 4.99 Å². The number of nitrogens with zero attached hydrogens (tertiary/aromatic N) is 1. The third kappa shape index (κ3) is 2.10. The maximum absolute atomic E-state index is 12.9. The van der Waals surface area contributed by atoms with Crippen molar-refractivity contribution in [3.8, 4) is 0 Å². The van der Waals surface area contributed by atoms with E-state index in [4.69, 9.17) is 0 Å². The summed E-state index contributed by atoms with van der Waals surface area (Å²) in [6, 6.07) is 6.29. The number of carbonyl (C=O) groups excluding carboxylic acids is 1. The van der Waals surface area contributed by atoms with Crippen LogP contribution in [0.3, 0.4) is 0 Å². The molecule has 0 fully saturated rings. The van der Waals surface area contributed by atoms with Crippen molar-refractivity contribution >= 4 is 11.7 Å². The SMILES string of the molecule is CC1(C)N=C(Cc2cccc(F)c2)NC1=O. The highest BCUT2D eigenvalue weighted by Crippen LogP contribution is 2.16. The summed E-state index contributed by atoms with van der Waals surface area (Å²) in [5.74, 6) is 0.209. The average Bonchev–Trinajstić information content (AvgIpc) is 2.40. The number of amidine groups is 1. The van der Waals surface area contributed by atoms with E-state index < -0.39 is 5.54 Å². The van der Waals surface area contributed by atoms with Gasteiger partial charge in [0.15, 0.2) is 0 Å². The molecule has 1 aliphatic rings. The first-order valence-electron chi connectivity index (χ1n) is 5.12. The van der Waals surface area contributed by atoms with Crippen LogP contribution < -0.4 is 5.32 Å². The highest BCUT2D eigenvalue weighted by atomic mass is 19.1. The van der Waals surface area contributed by atoms with Crippen molar-refractivity contribution < 1.29 is 9.18 Å². The Morgan fingerprint density at radius 1 is 1.44 bits per heavy atom. The summed E-state index contributed by atoms with van der Waals surface area (Å²) in [7, 11) is 0. The Balaban J connectivity index is 2.16. The van der Waals surface area contributed by atoms with E-state index in [2.05, 4.69) is 10.3 Å². The van der Waals surface area contributed by atoms with Gasteiger partial charge in [0.2, 0.25) is 0 Å². The zero-order chi connectivity index (χ0) is 11.8. The van der Waals surface area contributed by atoms with Gasteiger partial charge in [-0.05, 0) is 31.5 Å². The smallest absolute Gasteiger partial charge is 0.252 e. The van der Waals surface area contributed by atoms with Crippen LogP contribution in [0.4, 0.5) is 4.39 Å². The van der Waals surface area contributed by atoms with Crippen LogP contribution >= 0.6 is 0 Å². The maximum atomic E-state index is 12.9. The second-order valence-corrected chi connectivity index (χ2v) is 4.38. The van der Waals surface area contributed by atoms with E-state index >= 15 is 0 Å². The van der Waals surface area contributed by atoms with Crippen LogP contribution in [-0.2, 0) is 11.2 Å². The normalized spacial score (nSPS) is 18.2. The lowest BCUT2D eigenvalue weighted by Gasteiger charge is -2.07. The molecule has 0 saturated heterocycles. The number of hydrogen-bond acceptors (Lipinski definition) is 2. The molecule has 3 nitrogen and oxygen atoms in total. The molecular formula is C12H13FN2O. The Labute approximate surface area is 93.4 Å². The predicted octanol–water partition coefficient (Wildman–Crippen LogP) is 1.68. The van der Waals surface area contributed by atoms with Gasteiger partial charge in [0.05, 0.1) is 0 Å². The van der Waals surface area contributed by atoms with Crippen LogP contribution in [0, 0.1) is 5.82 Å². The van der Waals surface area contributed by atoms with Crippen molar-refractivity contribution in [1.29, 1.82) is 0 Å². The lowest BCUT2D eigenvalue weighted by atomic mass is 10.1. The van der Waals surface area contributed by atoms with Crippen molar-refractivity contribution in [3.05, 3.63) is 35.6 Å². The average molecular weight is 220 g/mol. The van der Waals surface area contributed by atoms with E-state index in [1.165, 1.54) is 12.1 Å². The van der Waals surface area contributed by atoms with Crippen LogP contribution in [-0.4, -0.2) is 17.3 Å². The Morgan fingerprint density at radius 2 is 2.19 bits per heavy atom. The minimum Gasteiger partial charge on any atom is -0.312 e. The monoisotopic (exact) mass is 220 g/mol. The van der Waals surface area contributed by atoms with Crippen molar-refractivity contribution in [3.63, 3.8) is 0 Å². The molecule has 0 atom stereocenters. The zero-order valence-corrected chi connectivity index (χ0v) is 9.25. The maximum Gasteiger partial charge on any atom is 0.252 e. The molecule has 84 valence electrons. The third-order valence-electron chi connectivity index (χ3n) is 2.49. The molecule has 4 heteroatoms. The van der Waals surface area contributed by atoms with Gasteiger partial charge in [-0.2, -0.15) is 0 Å².